The van der Waals surface area contributed by atoms with Gasteiger partial charge in [-0.15, -0.1) is 11.3 Å². The SMILES string of the molecule is O=Cc1ccccc1OCC(=O)N1CCN(Cc2ccc(Cl)s2)CC1. The molecule has 0 bridgehead atoms. The number of thiophene rings is 1. The monoisotopic (exact) mass is 378 g/mol. The molecule has 0 atom stereocenters. The molecule has 1 fully saturated rings. The minimum absolute atomic E-state index is 0.0502. The maximum absolute atomic E-state index is 12.3. The average Bonchev–Trinajstić information content (AvgIpc) is 3.05. The van der Waals surface area contributed by atoms with Crippen molar-refractivity contribution in [3.05, 3.63) is 51.2 Å². The van der Waals surface area contributed by atoms with E-state index in [4.69, 9.17) is 16.3 Å². The summed E-state index contributed by atoms with van der Waals surface area (Å²) in [4.78, 5) is 28.6. The molecule has 2 heterocycles. The first-order valence-corrected chi connectivity index (χ1v) is 9.26. The topological polar surface area (TPSA) is 49.9 Å². The predicted octanol–water partition coefficient (Wildman–Crippen LogP) is 2.94. The number of amides is 1. The first-order valence-electron chi connectivity index (χ1n) is 8.07. The van der Waals surface area contributed by atoms with Crippen molar-refractivity contribution in [2.75, 3.05) is 32.8 Å². The normalized spacial score (nSPS) is 15.2. The summed E-state index contributed by atoms with van der Waals surface area (Å²) < 4.78 is 6.32. The lowest BCUT2D eigenvalue weighted by Crippen LogP contribution is -2.49. The fourth-order valence-corrected chi connectivity index (χ4v) is 3.88. The fraction of sp³-hybridized carbons (Fsp3) is 0.333. The maximum Gasteiger partial charge on any atom is 0.260 e. The molecule has 0 unspecified atom stereocenters. The van der Waals surface area contributed by atoms with Gasteiger partial charge in [0, 0.05) is 37.6 Å². The number of hydrogen-bond donors (Lipinski definition) is 0. The Morgan fingerprint density at radius 1 is 1.16 bits per heavy atom. The molecule has 1 saturated heterocycles. The van der Waals surface area contributed by atoms with Crippen LogP contribution < -0.4 is 4.74 Å². The van der Waals surface area contributed by atoms with E-state index in [2.05, 4.69) is 4.90 Å². The number of nitrogens with zero attached hydrogens (tertiary/aromatic N) is 2. The van der Waals surface area contributed by atoms with Crippen molar-refractivity contribution in [1.82, 2.24) is 9.80 Å². The predicted molar refractivity (Wildman–Crippen MR) is 98.5 cm³/mol. The molecule has 2 aromatic rings. The van der Waals surface area contributed by atoms with E-state index in [0.29, 0.717) is 24.4 Å². The molecule has 25 heavy (non-hydrogen) atoms. The van der Waals surface area contributed by atoms with Gasteiger partial charge in [0.2, 0.25) is 0 Å². The minimum Gasteiger partial charge on any atom is -0.483 e. The summed E-state index contributed by atoms with van der Waals surface area (Å²) in [7, 11) is 0. The van der Waals surface area contributed by atoms with Crippen LogP contribution in [-0.4, -0.2) is 54.8 Å². The van der Waals surface area contributed by atoms with Crippen molar-refractivity contribution in [3.8, 4) is 5.75 Å². The van der Waals surface area contributed by atoms with E-state index in [0.717, 1.165) is 30.3 Å². The summed E-state index contributed by atoms with van der Waals surface area (Å²) in [6, 6.07) is 10.9. The zero-order chi connectivity index (χ0) is 17.6. The van der Waals surface area contributed by atoms with Gasteiger partial charge in [-0.3, -0.25) is 14.5 Å². The summed E-state index contributed by atoms with van der Waals surface area (Å²) in [6.07, 6.45) is 0.732. The maximum atomic E-state index is 12.3. The zero-order valence-corrected chi connectivity index (χ0v) is 15.3. The van der Waals surface area contributed by atoms with Gasteiger partial charge < -0.3 is 9.64 Å². The lowest BCUT2D eigenvalue weighted by atomic mass is 10.2. The molecule has 7 heteroatoms. The van der Waals surface area contributed by atoms with E-state index in [1.165, 1.54) is 4.88 Å². The van der Waals surface area contributed by atoms with E-state index >= 15 is 0 Å². The van der Waals surface area contributed by atoms with Crippen LogP contribution in [0.15, 0.2) is 36.4 Å². The van der Waals surface area contributed by atoms with Crippen LogP contribution in [0.1, 0.15) is 15.2 Å². The van der Waals surface area contributed by atoms with Crippen LogP contribution in [0.4, 0.5) is 0 Å². The number of piperazine rings is 1. The fourth-order valence-electron chi connectivity index (χ4n) is 2.75. The van der Waals surface area contributed by atoms with Crippen molar-refractivity contribution in [3.63, 3.8) is 0 Å². The Kier molecular flexibility index (Phi) is 6.07. The van der Waals surface area contributed by atoms with E-state index in [9.17, 15) is 9.59 Å². The number of rotatable bonds is 6. The Morgan fingerprint density at radius 2 is 1.92 bits per heavy atom. The standard InChI is InChI=1S/C18H19ClN2O3S/c19-17-6-5-15(25-17)11-20-7-9-21(10-8-20)18(23)13-24-16-4-2-1-3-14(16)12-22/h1-6,12H,7-11,13H2. The molecule has 1 aromatic carbocycles. The van der Waals surface area contributed by atoms with Crippen LogP contribution in [0.25, 0.3) is 0 Å². The average molecular weight is 379 g/mol. The van der Waals surface area contributed by atoms with Gasteiger partial charge in [0.05, 0.1) is 9.90 Å². The van der Waals surface area contributed by atoms with E-state index in [1.807, 2.05) is 12.1 Å². The first kappa shape index (κ1) is 17.9. The third-order valence-electron chi connectivity index (χ3n) is 4.13. The molecule has 1 aliphatic heterocycles. The van der Waals surface area contributed by atoms with Crippen molar-refractivity contribution < 1.29 is 14.3 Å². The number of benzene rings is 1. The number of carbonyl (C=O) groups excluding carboxylic acids is 2. The lowest BCUT2D eigenvalue weighted by molar-refractivity contribution is -0.135. The van der Waals surface area contributed by atoms with Crippen LogP contribution >= 0.6 is 22.9 Å². The molecular weight excluding hydrogens is 360 g/mol. The molecule has 1 aromatic heterocycles. The van der Waals surface area contributed by atoms with Crippen molar-refractivity contribution in [1.29, 1.82) is 0 Å². The Hall–Kier alpha value is -1.89. The highest BCUT2D eigenvalue weighted by atomic mass is 35.5. The second-order valence-corrected chi connectivity index (χ2v) is 7.61. The largest absolute Gasteiger partial charge is 0.483 e. The Morgan fingerprint density at radius 3 is 2.60 bits per heavy atom. The summed E-state index contributed by atoms with van der Waals surface area (Å²) in [6.45, 7) is 3.82. The quantitative estimate of drug-likeness (QED) is 0.725. The number of aldehydes is 1. The second kappa shape index (κ2) is 8.47. The molecule has 0 saturated carbocycles. The third-order valence-corrected chi connectivity index (χ3v) is 5.35. The molecule has 0 spiro atoms. The van der Waals surface area contributed by atoms with Crippen LogP contribution in [-0.2, 0) is 11.3 Å². The highest BCUT2D eigenvalue weighted by Crippen LogP contribution is 2.23. The third kappa shape index (κ3) is 4.81. The smallest absolute Gasteiger partial charge is 0.260 e. The molecule has 0 N–H and O–H groups in total. The van der Waals surface area contributed by atoms with Gasteiger partial charge >= 0.3 is 0 Å². The number of halogens is 1. The number of para-hydroxylation sites is 1. The Bertz CT molecular complexity index is 741. The van der Waals surface area contributed by atoms with Crippen LogP contribution in [0, 0.1) is 0 Å². The van der Waals surface area contributed by atoms with Crippen molar-refractivity contribution in [2.24, 2.45) is 0 Å². The summed E-state index contributed by atoms with van der Waals surface area (Å²) in [5.41, 5.74) is 0.453. The first-order chi connectivity index (χ1) is 12.2. The van der Waals surface area contributed by atoms with Crippen LogP contribution in [0.2, 0.25) is 4.34 Å². The van der Waals surface area contributed by atoms with E-state index < -0.39 is 0 Å². The van der Waals surface area contributed by atoms with Crippen molar-refractivity contribution in [2.45, 2.75) is 6.54 Å². The number of carbonyl (C=O) groups is 2. The highest BCUT2D eigenvalue weighted by molar-refractivity contribution is 7.16. The molecule has 1 amide bonds. The van der Waals surface area contributed by atoms with Gasteiger partial charge in [0.25, 0.3) is 5.91 Å². The van der Waals surface area contributed by atoms with Gasteiger partial charge in [-0.25, -0.2) is 0 Å². The van der Waals surface area contributed by atoms with Gasteiger partial charge in [-0.1, -0.05) is 23.7 Å². The minimum atomic E-state index is -0.0560. The van der Waals surface area contributed by atoms with Gasteiger partial charge in [0.15, 0.2) is 12.9 Å². The van der Waals surface area contributed by atoms with Crippen molar-refractivity contribution >= 4 is 35.1 Å². The Labute approximate surface area is 155 Å². The molecule has 1 aliphatic rings. The summed E-state index contributed by atoms with van der Waals surface area (Å²) >= 11 is 7.55. The summed E-state index contributed by atoms with van der Waals surface area (Å²) in [5.74, 6) is 0.388. The summed E-state index contributed by atoms with van der Waals surface area (Å²) in [5, 5.41) is 0. The van der Waals surface area contributed by atoms with Crippen LogP contribution in [0.5, 0.6) is 5.75 Å². The number of ether oxygens (including phenoxy) is 1. The molecule has 3 rings (SSSR count). The Balaban J connectivity index is 1.46. The molecule has 0 radical (unpaired) electrons. The highest BCUT2D eigenvalue weighted by Gasteiger charge is 2.22. The lowest BCUT2D eigenvalue weighted by Gasteiger charge is -2.34. The van der Waals surface area contributed by atoms with Gasteiger partial charge in [0.1, 0.15) is 5.75 Å². The van der Waals surface area contributed by atoms with E-state index in [1.54, 1.807) is 40.5 Å². The molecule has 5 nitrogen and oxygen atoms in total. The van der Waals surface area contributed by atoms with Crippen LogP contribution in [0.3, 0.4) is 0 Å². The second-order valence-electron chi connectivity index (χ2n) is 5.81. The molecular formula is C18H19ClN2O3S. The van der Waals surface area contributed by atoms with E-state index in [-0.39, 0.29) is 12.5 Å². The number of hydrogen-bond acceptors (Lipinski definition) is 5. The molecule has 0 aliphatic carbocycles. The zero-order valence-electron chi connectivity index (χ0n) is 13.7. The van der Waals surface area contributed by atoms with Gasteiger partial charge in [-0.2, -0.15) is 0 Å². The molecule has 132 valence electrons. The van der Waals surface area contributed by atoms with Gasteiger partial charge in [-0.05, 0) is 24.3 Å².